The van der Waals surface area contributed by atoms with Crippen molar-refractivity contribution in [3.8, 4) is 5.75 Å². The second-order valence-electron chi connectivity index (χ2n) is 6.10. The topological polar surface area (TPSA) is 41.6 Å². The van der Waals surface area contributed by atoms with Crippen molar-refractivity contribution in [2.75, 3.05) is 25.0 Å². The Morgan fingerprint density at radius 2 is 2.05 bits per heavy atom. The van der Waals surface area contributed by atoms with E-state index in [1.807, 2.05) is 12.1 Å². The minimum atomic E-state index is 0.0858. The Bertz CT molecular complexity index is 510. The molecule has 0 bridgehead atoms. The number of likely N-dealkylation sites (tertiary alicyclic amines) is 1. The summed E-state index contributed by atoms with van der Waals surface area (Å²) in [7, 11) is 0. The molecule has 0 aliphatic carbocycles. The highest BCUT2D eigenvalue weighted by molar-refractivity contribution is 5.95. The van der Waals surface area contributed by atoms with Crippen LogP contribution < -0.4 is 10.1 Å². The van der Waals surface area contributed by atoms with Crippen molar-refractivity contribution < 1.29 is 9.53 Å². The molecule has 1 aromatic carbocycles. The number of hydrogen-bond acceptors (Lipinski definition) is 3. The number of nitrogens with zero attached hydrogens (tertiary/aromatic N) is 1. The molecule has 3 rings (SSSR count). The number of rotatable bonds is 4. The van der Waals surface area contributed by atoms with Crippen LogP contribution in [-0.2, 0) is 11.2 Å². The van der Waals surface area contributed by atoms with Crippen LogP contribution in [0.3, 0.4) is 0 Å². The number of carbonyl (C=O) groups is 1. The summed E-state index contributed by atoms with van der Waals surface area (Å²) in [5.74, 6) is 0.895. The molecule has 1 N–H and O–H groups in total. The molecule has 21 heavy (non-hydrogen) atoms. The number of nitrogens with one attached hydrogen (secondary N) is 1. The largest absolute Gasteiger partial charge is 0.490 e. The Kier molecular flexibility index (Phi) is 4.44. The molecule has 2 heterocycles. The third kappa shape index (κ3) is 3.38. The Morgan fingerprint density at radius 3 is 2.86 bits per heavy atom. The average Bonchev–Trinajstić information content (AvgIpc) is 2.53. The summed E-state index contributed by atoms with van der Waals surface area (Å²) in [4.78, 5) is 14.1. The highest BCUT2D eigenvalue weighted by Crippen LogP contribution is 2.32. The predicted octanol–water partition coefficient (Wildman–Crippen LogP) is 2.82. The first-order valence-electron chi connectivity index (χ1n) is 8.02. The number of amides is 1. The van der Waals surface area contributed by atoms with Crippen LogP contribution in [-0.4, -0.2) is 36.5 Å². The molecule has 1 fully saturated rings. The molecule has 0 radical (unpaired) electrons. The zero-order valence-electron chi connectivity index (χ0n) is 12.7. The number of hydrogen-bond donors (Lipinski definition) is 1. The van der Waals surface area contributed by atoms with Gasteiger partial charge in [-0.25, -0.2) is 0 Å². The van der Waals surface area contributed by atoms with Gasteiger partial charge in [-0.1, -0.05) is 18.6 Å². The van der Waals surface area contributed by atoms with Crippen LogP contribution in [0, 0.1) is 0 Å². The van der Waals surface area contributed by atoms with Crippen LogP contribution >= 0.6 is 0 Å². The summed E-state index contributed by atoms with van der Waals surface area (Å²) in [6.45, 7) is 5.24. The van der Waals surface area contributed by atoms with Crippen LogP contribution in [0.2, 0.25) is 0 Å². The fourth-order valence-corrected chi connectivity index (χ4v) is 3.17. The molecule has 4 heteroatoms. The van der Waals surface area contributed by atoms with Gasteiger partial charge in [-0.3, -0.25) is 9.69 Å². The minimum Gasteiger partial charge on any atom is -0.490 e. The molecule has 2 aliphatic rings. The van der Waals surface area contributed by atoms with Crippen molar-refractivity contribution >= 4 is 11.6 Å². The summed E-state index contributed by atoms with van der Waals surface area (Å²) in [6.07, 6.45) is 5.31. The maximum Gasteiger partial charge on any atom is 0.224 e. The molecule has 4 nitrogen and oxygen atoms in total. The van der Waals surface area contributed by atoms with Crippen molar-refractivity contribution in [2.24, 2.45) is 0 Å². The van der Waals surface area contributed by atoms with E-state index < -0.39 is 0 Å². The van der Waals surface area contributed by atoms with Gasteiger partial charge < -0.3 is 10.1 Å². The lowest BCUT2D eigenvalue weighted by Gasteiger charge is -2.32. The molecule has 0 spiro atoms. The number of para-hydroxylation sites is 1. The van der Waals surface area contributed by atoms with Gasteiger partial charge in [0.1, 0.15) is 12.4 Å². The predicted molar refractivity (Wildman–Crippen MR) is 83.8 cm³/mol. The van der Waals surface area contributed by atoms with Crippen molar-refractivity contribution in [1.82, 2.24) is 4.90 Å². The average molecular weight is 288 g/mol. The highest BCUT2D eigenvalue weighted by atomic mass is 16.5. The van der Waals surface area contributed by atoms with Gasteiger partial charge in [-0.15, -0.1) is 0 Å². The molecule has 0 aromatic heterocycles. The molecular weight excluding hydrogens is 264 g/mol. The molecule has 1 amide bonds. The van der Waals surface area contributed by atoms with Crippen molar-refractivity contribution in [2.45, 2.75) is 45.1 Å². The quantitative estimate of drug-likeness (QED) is 0.926. The fraction of sp³-hybridized carbons (Fsp3) is 0.588. The zero-order valence-corrected chi connectivity index (χ0v) is 12.7. The van der Waals surface area contributed by atoms with Crippen LogP contribution in [0.4, 0.5) is 5.69 Å². The lowest BCUT2D eigenvalue weighted by molar-refractivity contribution is -0.116. The van der Waals surface area contributed by atoms with Gasteiger partial charge in [0.25, 0.3) is 0 Å². The molecule has 2 aliphatic heterocycles. The molecule has 1 saturated heterocycles. The van der Waals surface area contributed by atoms with E-state index in [1.54, 1.807) is 0 Å². The van der Waals surface area contributed by atoms with Crippen LogP contribution in [0.5, 0.6) is 5.75 Å². The van der Waals surface area contributed by atoms with Gasteiger partial charge in [-0.05, 0) is 50.9 Å². The lowest BCUT2D eigenvalue weighted by atomic mass is 10.0. The van der Waals surface area contributed by atoms with Crippen molar-refractivity contribution in [3.63, 3.8) is 0 Å². The van der Waals surface area contributed by atoms with Gasteiger partial charge in [-0.2, -0.15) is 0 Å². The molecule has 0 saturated carbocycles. The van der Waals surface area contributed by atoms with Gasteiger partial charge in [0.15, 0.2) is 0 Å². The summed E-state index contributed by atoms with van der Waals surface area (Å²) < 4.78 is 6.01. The third-order valence-electron chi connectivity index (χ3n) is 4.49. The highest BCUT2D eigenvalue weighted by Gasteiger charge is 2.20. The van der Waals surface area contributed by atoms with Crippen LogP contribution in [0.1, 0.15) is 38.2 Å². The number of aryl methyl sites for hydroxylation is 1. The number of benzene rings is 1. The molecular formula is C17H24N2O2. The summed E-state index contributed by atoms with van der Waals surface area (Å²) in [5, 5.41) is 2.95. The van der Waals surface area contributed by atoms with Gasteiger partial charge in [0.2, 0.25) is 5.91 Å². The minimum absolute atomic E-state index is 0.0858. The van der Waals surface area contributed by atoms with E-state index in [1.165, 1.54) is 37.9 Å². The lowest BCUT2D eigenvalue weighted by Crippen LogP contribution is -2.40. The first kappa shape index (κ1) is 14.4. The maximum atomic E-state index is 11.6. The zero-order chi connectivity index (χ0) is 14.7. The normalized spacial score (nSPS) is 20.5. The Labute approximate surface area is 126 Å². The first-order chi connectivity index (χ1) is 10.2. The number of fused-ring (bicyclic) bond motifs is 1. The van der Waals surface area contributed by atoms with E-state index in [0.29, 0.717) is 19.1 Å². The Balaban J connectivity index is 1.64. The van der Waals surface area contributed by atoms with Gasteiger partial charge in [0.05, 0.1) is 5.69 Å². The van der Waals surface area contributed by atoms with E-state index in [2.05, 4.69) is 23.2 Å². The Morgan fingerprint density at radius 1 is 1.24 bits per heavy atom. The second kappa shape index (κ2) is 6.48. The fourth-order valence-electron chi connectivity index (χ4n) is 3.17. The summed E-state index contributed by atoms with van der Waals surface area (Å²) in [5.41, 5.74) is 2.05. The summed E-state index contributed by atoms with van der Waals surface area (Å²) in [6, 6.07) is 6.45. The van der Waals surface area contributed by atoms with E-state index in [0.717, 1.165) is 17.9 Å². The van der Waals surface area contributed by atoms with Gasteiger partial charge >= 0.3 is 0 Å². The van der Waals surface area contributed by atoms with E-state index in [4.69, 9.17) is 4.74 Å². The van der Waals surface area contributed by atoms with E-state index in [-0.39, 0.29) is 5.91 Å². The maximum absolute atomic E-state index is 11.6. The third-order valence-corrected chi connectivity index (χ3v) is 4.49. The molecule has 1 unspecified atom stereocenters. The van der Waals surface area contributed by atoms with Crippen molar-refractivity contribution in [1.29, 1.82) is 0 Å². The molecule has 114 valence electrons. The van der Waals surface area contributed by atoms with Crippen LogP contribution in [0.15, 0.2) is 18.2 Å². The monoisotopic (exact) mass is 288 g/mol. The van der Waals surface area contributed by atoms with E-state index in [9.17, 15) is 4.79 Å². The summed E-state index contributed by atoms with van der Waals surface area (Å²) >= 11 is 0. The van der Waals surface area contributed by atoms with Crippen LogP contribution in [0.25, 0.3) is 0 Å². The first-order valence-corrected chi connectivity index (χ1v) is 8.02. The number of carbonyl (C=O) groups excluding carboxylic acids is 1. The SMILES string of the molecule is CC(COc1cccc2c1NC(=O)CC2)N1CCCCC1. The smallest absolute Gasteiger partial charge is 0.224 e. The molecule has 1 atom stereocenters. The standard InChI is InChI=1S/C17H24N2O2/c1-13(19-10-3-2-4-11-19)12-21-15-7-5-6-14-8-9-16(20)18-17(14)15/h5-7,13H,2-4,8-12H2,1H3,(H,18,20). The number of ether oxygens (including phenoxy) is 1. The number of piperidine rings is 1. The Hall–Kier alpha value is -1.55. The van der Waals surface area contributed by atoms with E-state index >= 15 is 0 Å². The molecule has 1 aromatic rings. The van der Waals surface area contributed by atoms with Crippen molar-refractivity contribution in [3.05, 3.63) is 23.8 Å². The second-order valence-corrected chi connectivity index (χ2v) is 6.10. The van der Waals surface area contributed by atoms with Gasteiger partial charge in [0, 0.05) is 12.5 Å². The number of anilines is 1.